The summed E-state index contributed by atoms with van der Waals surface area (Å²) < 4.78 is 5.32. The van der Waals surface area contributed by atoms with Crippen molar-refractivity contribution in [2.75, 3.05) is 7.11 Å². The first-order valence-corrected chi connectivity index (χ1v) is 8.26. The second kappa shape index (κ2) is 8.04. The molecule has 2 aromatic rings. The number of methoxy groups -OCH3 is 1. The molecule has 0 amide bonds. The number of carbonyl (C=O) groups is 1. The molecule has 0 saturated heterocycles. The third-order valence-corrected chi connectivity index (χ3v) is 4.22. The Morgan fingerprint density at radius 3 is 2.57 bits per heavy atom. The summed E-state index contributed by atoms with van der Waals surface area (Å²) >= 11 is 7.22. The highest BCUT2D eigenvalue weighted by Crippen LogP contribution is 2.26. The molecule has 0 aliphatic heterocycles. The van der Waals surface area contributed by atoms with Crippen LogP contribution in [0.15, 0.2) is 47.5 Å². The number of nitrogens with two attached hydrogens (primary N) is 1. The van der Waals surface area contributed by atoms with E-state index in [9.17, 15) is 4.79 Å². The molecule has 2 aromatic carbocycles. The molecule has 23 heavy (non-hydrogen) atoms. The van der Waals surface area contributed by atoms with Crippen LogP contribution in [0.5, 0.6) is 5.75 Å². The Labute approximate surface area is 144 Å². The highest BCUT2D eigenvalue weighted by atomic mass is 35.5. The molecular weight excluding hydrogens is 332 g/mol. The van der Waals surface area contributed by atoms with Crippen molar-refractivity contribution in [3.8, 4) is 5.75 Å². The van der Waals surface area contributed by atoms with Crippen LogP contribution < -0.4 is 10.5 Å². The van der Waals surface area contributed by atoms with Crippen LogP contribution in [0.1, 0.15) is 22.8 Å². The average molecular weight is 349 g/mol. The Hall–Kier alpha value is -1.98. The van der Waals surface area contributed by atoms with Crippen molar-refractivity contribution < 1.29 is 9.53 Å². The molecule has 2 N–H and O–H groups in total. The Morgan fingerprint density at radius 1 is 1.26 bits per heavy atom. The Kier molecular flexibility index (Phi) is 6.07. The minimum Gasteiger partial charge on any atom is -0.496 e. The van der Waals surface area contributed by atoms with Crippen molar-refractivity contribution in [3.05, 3.63) is 58.6 Å². The van der Waals surface area contributed by atoms with E-state index in [0.717, 1.165) is 17.0 Å². The average Bonchev–Trinajstić information content (AvgIpc) is 2.54. The quantitative estimate of drug-likeness (QED) is 0.493. The van der Waals surface area contributed by atoms with E-state index >= 15 is 0 Å². The summed E-state index contributed by atoms with van der Waals surface area (Å²) in [6.07, 6.45) is 0. The molecule has 6 heteroatoms. The Morgan fingerprint density at radius 2 is 1.96 bits per heavy atom. The molecule has 0 bridgehead atoms. The van der Waals surface area contributed by atoms with Gasteiger partial charge in [-0.05, 0) is 49.4 Å². The number of nitrogens with zero attached hydrogens (tertiary/aromatic N) is 1. The monoisotopic (exact) mass is 348 g/mol. The van der Waals surface area contributed by atoms with E-state index in [4.69, 9.17) is 22.1 Å². The summed E-state index contributed by atoms with van der Waals surface area (Å²) in [4.78, 5) is 15.8. The molecule has 120 valence electrons. The molecule has 0 spiro atoms. The van der Waals surface area contributed by atoms with Gasteiger partial charge in [-0.1, -0.05) is 23.4 Å². The van der Waals surface area contributed by atoms with Gasteiger partial charge in [0.15, 0.2) is 11.0 Å². The van der Waals surface area contributed by atoms with Crippen molar-refractivity contribution >= 4 is 40.0 Å². The topological polar surface area (TPSA) is 64.7 Å². The van der Waals surface area contributed by atoms with Gasteiger partial charge in [0.1, 0.15) is 5.75 Å². The van der Waals surface area contributed by atoms with Crippen LogP contribution in [0.2, 0.25) is 5.02 Å². The molecule has 0 unspecified atom stereocenters. The van der Waals surface area contributed by atoms with Gasteiger partial charge >= 0.3 is 0 Å². The maximum absolute atomic E-state index is 11.5. The van der Waals surface area contributed by atoms with Crippen molar-refractivity contribution in [3.63, 3.8) is 0 Å². The van der Waals surface area contributed by atoms with Gasteiger partial charge in [0.2, 0.25) is 0 Å². The number of hydrogen-bond acceptors (Lipinski definition) is 4. The largest absolute Gasteiger partial charge is 0.496 e. The van der Waals surface area contributed by atoms with Crippen LogP contribution in [0, 0.1) is 0 Å². The summed E-state index contributed by atoms with van der Waals surface area (Å²) in [6.45, 7) is 1.54. The lowest BCUT2D eigenvalue weighted by atomic mass is 10.1. The number of hydrogen-bond donors (Lipinski definition) is 1. The van der Waals surface area contributed by atoms with E-state index in [-0.39, 0.29) is 5.78 Å². The Balaban J connectivity index is 2.11. The van der Waals surface area contributed by atoms with Crippen LogP contribution in [0.25, 0.3) is 0 Å². The van der Waals surface area contributed by atoms with E-state index < -0.39 is 0 Å². The van der Waals surface area contributed by atoms with Gasteiger partial charge in [0.25, 0.3) is 0 Å². The highest BCUT2D eigenvalue weighted by molar-refractivity contribution is 8.13. The SMILES string of the molecule is COc1ccc(C(C)=O)cc1CSC(N)=Nc1ccc(Cl)cc1. The fourth-order valence-electron chi connectivity index (χ4n) is 1.94. The second-order valence-electron chi connectivity index (χ2n) is 4.80. The minimum atomic E-state index is 0.0155. The molecule has 0 radical (unpaired) electrons. The number of benzene rings is 2. The zero-order valence-corrected chi connectivity index (χ0v) is 14.4. The maximum atomic E-state index is 11.5. The van der Waals surface area contributed by atoms with Gasteiger partial charge < -0.3 is 10.5 Å². The zero-order chi connectivity index (χ0) is 16.8. The van der Waals surface area contributed by atoms with Gasteiger partial charge in [0.05, 0.1) is 12.8 Å². The molecule has 0 aromatic heterocycles. The number of amidine groups is 1. The summed E-state index contributed by atoms with van der Waals surface area (Å²) in [5.74, 6) is 1.30. The maximum Gasteiger partial charge on any atom is 0.159 e. The molecule has 4 nitrogen and oxygen atoms in total. The van der Waals surface area contributed by atoms with E-state index in [2.05, 4.69) is 4.99 Å². The van der Waals surface area contributed by atoms with Crippen molar-refractivity contribution in [2.45, 2.75) is 12.7 Å². The number of Topliss-reactive ketones (excluding diaryl/α,β-unsaturated/α-hetero) is 1. The first kappa shape index (κ1) is 17.4. The molecule has 0 fully saturated rings. The fraction of sp³-hybridized carbons (Fsp3) is 0.176. The summed E-state index contributed by atoms with van der Waals surface area (Å²) in [5.41, 5.74) is 8.24. The van der Waals surface area contributed by atoms with E-state index in [1.807, 2.05) is 6.07 Å². The normalized spacial score (nSPS) is 11.3. The number of rotatable bonds is 5. The van der Waals surface area contributed by atoms with Gasteiger partial charge in [-0.25, -0.2) is 4.99 Å². The van der Waals surface area contributed by atoms with Crippen LogP contribution in [-0.2, 0) is 5.75 Å². The molecule has 0 heterocycles. The number of thioether (sulfide) groups is 1. The number of ether oxygens (including phenoxy) is 1. The smallest absolute Gasteiger partial charge is 0.159 e. The van der Waals surface area contributed by atoms with Gasteiger partial charge in [-0.2, -0.15) is 0 Å². The van der Waals surface area contributed by atoms with Gasteiger partial charge in [0, 0.05) is 21.9 Å². The highest BCUT2D eigenvalue weighted by Gasteiger charge is 2.08. The predicted octanol–water partition coefficient (Wildman–Crippen LogP) is 4.43. The molecule has 0 atom stereocenters. The van der Waals surface area contributed by atoms with Crippen molar-refractivity contribution in [1.82, 2.24) is 0 Å². The lowest BCUT2D eigenvalue weighted by Crippen LogP contribution is -2.07. The lowest BCUT2D eigenvalue weighted by Gasteiger charge is -2.09. The van der Waals surface area contributed by atoms with Crippen molar-refractivity contribution in [1.29, 1.82) is 0 Å². The van der Waals surface area contributed by atoms with Crippen LogP contribution in [0.3, 0.4) is 0 Å². The number of halogens is 1. The number of carbonyl (C=O) groups excluding carboxylic acids is 1. The lowest BCUT2D eigenvalue weighted by molar-refractivity contribution is 0.101. The van der Waals surface area contributed by atoms with Gasteiger partial charge in [-0.15, -0.1) is 0 Å². The van der Waals surface area contributed by atoms with Crippen molar-refractivity contribution in [2.24, 2.45) is 10.7 Å². The fourth-order valence-corrected chi connectivity index (χ4v) is 2.76. The molecular formula is C17H17ClN2O2S. The number of aliphatic imine (C=N–C) groups is 1. The van der Waals surface area contributed by atoms with Crippen LogP contribution in [0.4, 0.5) is 5.69 Å². The number of ketones is 1. The second-order valence-corrected chi connectivity index (χ2v) is 6.23. The molecule has 2 rings (SSSR count). The van der Waals surface area contributed by atoms with E-state index in [0.29, 0.717) is 21.5 Å². The third kappa shape index (κ3) is 5.01. The molecule has 0 aliphatic rings. The summed E-state index contributed by atoms with van der Waals surface area (Å²) in [7, 11) is 1.60. The van der Waals surface area contributed by atoms with Crippen LogP contribution in [-0.4, -0.2) is 18.1 Å². The Bertz CT molecular complexity index is 730. The molecule has 0 saturated carbocycles. The minimum absolute atomic E-state index is 0.0155. The zero-order valence-electron chi connectivity index (χ0n) is 12.9. The van der Waals surface area contributed by atoms with E-state index in [1.165, 1.54) is 18.7 Å². The third-order valence-electron chi connectivity index (χ3n) is 3.13. The summed E-state index contributed by atoms with van der Waals surface area (Å²) in [5, 5.41) is 1.09. The predicted molar refractivity (Wildman–Crippen MR) is 97.0 cm³/mol. The standard InChI is InChI=1S/C17H17ClN2O2S/c1-11(21)12-3-8-16(22-2)13(9-12)10-23-17(19)20-15-6-4-14(18)5-7-15/h3-9H,10H2,1-2H3,(H2,19,20). The molecule has 0 aliphatic carbocycles. The van der Waals surface area contributed by atoms with Gasteiger partial charge in [-0.3, -0.25) is 4.79 Å². The van der Waals surface area contributed by atoms with E-state index in [1.54, 1.807) is 43.5 Å². The van der Waals surface area contributed by atoms with Crippen LogP contribution >= 0.6 is 23.4 Å². The first-order valence-electron chi connectivity index (χ1n) is 6.90. The first-order chi connectivity index (χ1) is 11.0. The summed E-state index contributed by atoms with van der Waals surface area (Å²) in [6, 6.07) is 12.5.